The largest absolute Gasteiger partial charge is 0.393 e. The van der Waals surface area contributed by atoms with Crippen LogP contribution in [-0.2, 0) is 4.74 Å². The summed E-state index contributed by atoms with van der Waals surface area (Å²) in [6.07, 6.45) is 5.44. The lowest BCUT2D eigenvalue weighted by Crippen LogP contribution is -2.40. The van der Waals surface area contributed by atoms with E-state index in [0.717, 1.165) is 83.9 Å². The van der Waals surface area contributed by atoms with E-state index in [1.165, 1.54) is 0 Å². The van der Waals surface area contributed by atoms with Crippen molar-refractivity contribution in [2.24, 2.45) is 4.99 Å². The molecular weight excluding hydrogens is 407 g/mol. The molecule has 0 amide bonds. The van der Waals surface area contributed by atoms with Crippen LogP contribution in [0.3, 0.4) is 0 Å². The molecular formula is C16H33IN4O2. The Morgan fingerprint density at radius 3 is 2.70 bits per heavy atom. The van der Waals surface area contributed by atoms with Crippen molar-refractivity contribution in [2.45, 2.75) is 51.2 Å². The molecule has 0 aromatic heterocycles. The first kappa shape index (κ1) is 20.9. The monoisotopic (exact) mass is 440 g/mol. The first-order valence-electron chi connectivity index (χ1n) is 8.82. The third kappa shape index (κ3) is 8.51. The second kappa shape index (κ2) is 12.3. The predicted octanol–water partition coefficient (Wildman–Crippen LogP) is 1.19. The van der Waals surface area contributed by atoms with Crippen molar-refractivity contribution in [1.82, 2.24) is 15.5 Å². The van der Waals surface area contributed by atoms with Gasteiger partial charge in [0.15, 0.2) is 5.96 Å². The Morgan fingerprint density at radius 2 is 2.04 bits per heavy atom. The Balaban J connectivity index is 0.00000264. The van der Waals surface area contributed by atoms with E-state index in [1.54, 1.807) is 0 Å². The summed E-state index contributed by atoms with van der Waals surface area (Å²) in [5.41, 5.74) is 0. The Bertz CT molecular complexity index is 330. The first-order chi connectivity index (χ1) is 10.8. The van der Waals surface area contributed by atoms with Gasteiger partial charge in [-0.2, -0.15) is 0 Å². The summed E-state index contributed by atoms with van der Waals surface area (Å²) in [6, 6.07) is 0. The molecule has 0 bridgehead atoms. The second-order valence-corrected chi connectivity index (χ2v) is 6.21. The molecule has 3 N–H and O–H groups in total. The van der Waals surface area contributed by atoms with Gasteiger partial charge in [-0.25, -0.2) is 0 Å². The topological polar surface area (TPSA) is 69.1 Å². The SMILES string of the molecule is CCNC(=NCC1CCCO1)NCCCN1CCC(O)CC1.I. The number of aliphatic imine (C=N–C) groups is 1. The lowest BCUT2D eigenvalue weighted by molar-refractivity contribution is 0.0822. The standard InChI is InChI=1S/C16H32N4O2.HI/c1-2-17-16(19-13-15-5-3-12-22-15)18-8-4-9-20-10-6-14(21)7-11-20;/h14-15,21H,2-13H2,1H3,(H2,17,18,19);1H. The molecule has 1 unspecified atom stereocenters. The van der Waals surface area contributed by atoms with E-state index >= 15 is 0 Å². The van der Waals surface area contributed by atoms with Gasteiger partial charge in [-0.05, 0) is 45.6 Å². The number of halogens is 1. The summed E-state index contributed by atoms with van der Waals surface area (Å²) >= 11 is 0. The molecule has 2 aliphatic rings. The maximum absolute atomic E-state index is 9.51. The van der Waals surface area contributed by atoms with Gasteiger partial charge < -0.3 is 25.4 Å². The van der Waals surface area contributed by atoms with Crippen molar-refractivity contribution in [3.63, 3.8) is 0 Å². The molecule has 0 saturated carbocycles. The number of rotatable bonds is 7. The molecule has 1 atom stereocenters. The number of nitrogens with zero attached hydrogens (tertiary/aromatic N) is 2. The highest BCUT2D eigenvalue weighted by atomic mass is 127. The Labute approximate surface area is 157 Å². The summed E-state index contributed by atoms with van der Waals surface area (Å²) < 4.78 is 5.61. The molecule has 7 heteroatoms. The van der Waals surface area contributed by atoms with Crippen LogP contribution >= 0.6 is 24.0 Å². The van der Waals surface area contributed by atoms with Gasteiger partial charge in [-0.15, -0.1) is 24.0 Å². The minimum Gasteiger partial charge on any atom is -0.393 e. The van der Waals surface area contributed by atoms with E-state index in [0.29, 0.717) is 6.10 Å². The predicted molar refractivity (Wildman–Crippen MR) is 105 cm³/mol. The third-order valence-corrected chi connectivity index (χ3v) is 4.32. The number of nitrogens with one attached hydrogen (secondary N) is 2. The van der Waals surface area contributed by atoms with Crippen LogP contribution in [0.15, 0.2) is 4.99 Å². The van der Waals surface area contributed by atoms with Crippen LogP contribution in [0, 0.1) is 0 Å². The Hall–Kier alpha value is -0.120. The number of likely N-dealkylation sites (tertiary alicyclic amines) is 1. The van der Waals surface area contributed by atoms with E-state index < -0.39 is 0 Å². The van der Waals surface area contributed by atoms with E-state index in [9.17, 15) is 5.11 Å². The van der Waals surface area contributed by atoms with Crippen LogP contribution in [0.4, 0.5) is 0 Å². The zero-order valence-corrected chi connectivity index (χ0v) is 16.6. The molecule has 6 nitrogen and oxygen atoms in total. The number of piperidine rings is 1. The van der Waals surface area contributed by atoms with Gasteiger partial charge in [-0.3, -0.25) is 4.99 Å². The van der Waals surface area contributed by atoms with Gasteiger partial charge in [0.25, 0.3) is 0 Å². The number of ether oxygens (including phenoxy) is 1. The number of hydrogen-bond acceptors (Lipinski definition) is 4. The summed E-state index contributed by atoms with van der Waals surface area (Å²) in [6.45, 7) is 8.65. The number of aliphatic hydroxyl groups excluding tert-OH is 1. The van der Waals surface area contributed by atoms with Crippen LogP contribution in [-0.4, -0.2) is 74.0 Å². The lowest BCUT2D eigenvalue weighted by atomic mass is 10.1. The van der Waals surface area contributed by atoms with Crippen LogP contribution in [0.5, 0.6) is 0 Å². The molecule has 2 rings (SSSR count). The van der Waals surface area contributed by atoms with Gasteiger partial charge in [0.05, 0.1) is 18.8 Å². The maximum atomic E-state index is 9.51. The van der Waals surface area contributed by atoms with Crippen molar-refractivity contribution in [1.29, 1.82) is 0 Å². The number of hydrogen-bond donors (Lipinski definition) is 3. The molecule has 0 spiro atoms. The fourth-order valence-corrected chi connectivity index (χ4v) is 2.98. The van der Waals surface area contributed by atoms with Crippen molar-refractivity contribution in [3.05, 3.63) is 0 Å². The van der Waals surface area contributed by atoms with Crippen molar-refractivity contribution in [2.75, 3.05) is 45.9 Å². The molecule has 2 heterocycles. The second-order valence-electron chi connectivity index (χ2n) is 6.21. The third-order valence-electron chi connectivity index (χ3n) is 4.32. The minimum atomic E-state index is -0.0836. The van der Waals surface area contributed by atoms with Gasteiger partial charge in [0, 0.05) is 32.8 Å². The molecule has 0 radical (unpaired) electrons. The number of aliphatic hydroxyl groups is 1. The average molecular weight is 440 g/mol. The average Bonchev–Trinajstić information content (AvgIpc) is 3.04. The summed E-state index contributed by atoms with van der Waals surface area (Å²) in [7, 11) is 0. The normalized spacial score (nSPS) is 23.6. The zero-order valence-electron chi connectivity index (χ0n) is 14.3. The maximum Gasteiger partial charge on any atom is 0.191 e. The van der Waals surface area contributed by atoms with Crippen molar-refractivity contribution >= 4 is 29.9 Å². The lowest BCUT2D eigenvalue weighted by Gasteiger charge is -2.29. The fourth-order valence-electron chi connectivity index (χ4n) is 2.98. The molecule has 0 aliphatic carbocycles. The minimum absolute atomic E-state index is 0. The van der Waals surface area contributed by atoms with E-state index in [-0.39, 0.29) is 30.1 Å². The molecule has 0 aromatic rings. The Kier molecular flexibility index (Phi) is 11.2. The quantitative estimate of drug-likeness (QED) is 0.240. The van der Waals surface area contributed by atoms with E-state index in [1.807, 2.05) is 0 Å². The highest BCUT2D eigenvalue weighted by molar-refractivity contribution is 14.0. The van der Waals surface area contributed by atoms with Gasteiger partial charge in [0.2, 0.25) is 0 Å². The molecule has 2 saturated heterocycles. The molecule has 2 aliphatic heterocycles. The van der Waals surface area contributed by atoms with E-state index in [2.05, 4.69) is 27.4 Å². The smallest absolute Gasteiger partial charge is 0.191 e. The highest BCUT2D eigenvalue weighted by Gasteiger charge is 2.16. The van der Waals surface area contributed by atoms with E-state index in [4.69, 9.17) is 4.74 Å². The summed E-state index contributed by atoms with van der Waals surface area (Å²) in [5, 5.41) is 16.2. The van der Waals surface area contributed by atoms with Gasteiger partial charge >= 0.3 is 0 Å². The molecule has 136 valence electrons. The van der Waals surface area contributed by atoms with Crippen molar-refractivity contribution < 1.29 is 9.84 Å². The van der Waals surface area contributed by atoms with Crippen LogP contribution in [0.2, 0.25) is 0 Å². The zero-order chi connectivity index (χ0) is 15.6. The Morgan fingerprint density at radius 1 is 1.26 bits per heavy atom. The summed E-state index contributed by atoms with van der Waals surface area (Å²) in [5.74, 6) is 0.895. The first-order valence-corrected chi connectivity index (χ1v) is 8.82. The molecule has 23 heavy (non-hydrogen) atoms. The van der Waals surface area contributed by atoms with Crippen molar-refractivity contribution in [3.8, 4) is 0 Å². The molecule has 2 fully saturated rings. The van der Waals surface area contributed by atoms with Gasteiger partial charge in [0.1, 0.15) is 0 Å². The van der Waals surface area contributed by atoms with Crippen LogP contribution in [0.25, 0.3) is 0 Å². The number of guanidine groups is 1. The highest BCUT2D eigenvalue weighted by Crippen LogP contribution is 2.12. The summed E-state index contributed by atoms with van der Waals surface area (Å²) in [4.78, 5) is 7.05. The van der Waals surface area contributed by atoms with Crippen LogP contribution in [0.1, 0.15) is 39.0 Å². The van der Waals surface area contributed by atoms with Gasteiger partial charge in [-0.1, -0.05) is 0 Å². The fraction of sp³-hybridized carbons (Fsp3) is 0.938. The van der Waals surface area contributed by atoms with Crippen LogP contribution < -0.4 is 10.6 Å². The molecule has 0 aromatic carbocycles.